The van der Waals surface area contributed by atoms with Crippen LogP contribution in [-0.4, -0.2) is 15.9 Å². The van der Waals surface area contributed by atoms with Crippen molar-refractivity contribution in [2.24, 2.45) is 0 Å². The summed E-state index contributed by atoms with van der Waals surface area (Å²) in [7, 11) is 0. The van der Waals surface area contributed by atoms with Crippen molar-refractivity contribution in [2.75, 3.05) is 5.73 Å². The lowest BCUT2D eigenvalue weighted by molar-refractivity contribution is -0.274. The smallest absolute Gasteiger partial charge is 0.406 e. The number of anilines is 1. The number of hydrogen-bond donors (Lipinski definition) is 1. The number of halogens is 3. The Balaban J connectivity index is 2.35. The zero-order chi connectivity index (χ0) is 14.0. The summed E-state index contributed by atoms with van der Waals surface area (Å²) in [4.78, 5) is 4.10. The Morgan fingerprint density at radius 2 is 2.11 bits per heavy atom. The van der Waals surface area contributed by atoms with E-state index in [4.69, 9.17) is 5.73 Å². The largest absolute Gasteiger partial charge is 0.573 e. The van der Waals surface area contributed by atoms with Crippen molar-refractivity contribution >= 4 is 5.82 Å². The number of nitrogen functional groups attached to an aromatic ring is 1. The highest BCUT2D eigenvalue weighted by Gasteiger charge is 2.31. The highest BCUT2D eigenvalue weighted by atomic mass is 19.4. The molecule has 19 heavy (non-hydrogen) atoms. The van der Waals surface area contributed by atoms with Crippen LogP contribution in [0, 0.1) is 0 Å². The summed E-state index contributed by atoms with van der Waals surface area (Å²) in [5.41, 5.74) is 6.78. The molecule has 0 spiro atoms. The SMILES string of the molecule is CCn1cnc(-c2cccc(OC(F)(F)F)c2)c1N. The first-order valence-corrected chi connectivity index (χ1v) is 5.57. The monoisotopic (exact) mass is 271 g/mol. The number of aromatic nitrogens is 2. The minimum atomic E-state index is -4.72. The Kier molecular flexibility index (Phi) is 3.37. The van der Waals surface area contributed by atoms with Gasteiger partial charge in [0.15, 0.2) is 0 Å². The van der Waals surface area contributed by atoms with Crippen LogP contribution in [0.15, 0.2) is 30.6 Å². The molecular weight excluding hydrogens is 259 g/mol. The number of imidazole rings is 1. The topological polar surface area (TPSA) is 53.1 Å². The second-order valence-corrected chi connectivity index (χ2v) is 3.84. The van der Waals surface area contributed by atoms with Crippen molar-refractivity contribution in [3.8, 4) is 17.0 Å². The molecule has 0 fully saturated rings. The van der Waals surface area contributed by atoms with Crippen molar-refractivity contribution < 1.29 is 17.9 Å². The van der Waals surface area contributed by atoms with Gasteiger partial charge in [-0.3, -0.25) is 0 Å². The van der Waals surface area contributed by atoms with Crippen LogP contribution < -0.4 is 10.5 Å². The molecule has 4 nitrogen and oxygen atoms in total. The minimum Gasteiger partial charge on any atom is -0.406 e. The first-order valence-electron chi connectivity index (χ1n) is 5.57. The number of hydrogen-bond acceptors (Lipinski definition) is 3. The van der Waals surface area contributed by atoms with Crippen LogP contribution in [0.25, 0.3) is 11.3 Å². The van der Waals surface area contributed by atoms with Gasteiger partial charge in [-0.25, -0.2) is 4.98 Å². The van der Waals surface area contributed by atoms with Gasteiger partial charge in [0.05, 0.1) is 6.33 Å². The van der Waals surface area contributed by atoms with E-state index in [0.717, 1.165) is 0 Å². The van der Waals surface area contributed by atoms with Crippen LogP contribution in [-0.2, 0) is 6.54 Å². The molecule has 2 aromatic rings. The molecule has 1 aromatic heterocycles. The molecule has 2 N–H and O–H groups in total. The van der Waals surface area contributed by atoms with Crippen molar-refractivity contribution in [3.05, 3.63) is 30.6 Å². The Hall–Kier alpha value is -2.18. The molecule has 7 heteroatoms. The minimum absolute atomic E-state index is 0.296. The highest BCUT2D eigenvalue weighted by molar-refractivity contribution is 5.71. The van der Waals surface area contributed by atoms with Gasteiger partial charge >= 0.3 is 6.36 Å². The molecular formula is C12H12F3N3O. The van der Waals surface area contributed by atoms with Crippen molar-refractivity contribution in [3.63, 3.8) is 0 Å². The average molecular weight is 271 g/mol. The lowest BCUT2D eigenvalue weighted by Gasteiger charge is -2.09. The lowest BCUT2D eigenvalue weighted by Crippen LogP contribution is -2.17. The fraction of sp³-hybridized carbons (Fsp3) is 0.250. The van der Waals surface area contributed by atoms with Gasteiger partial charge in [-0.05, 0) is 19.1 Å². The fourth-order valence-electron chi connectivity index (χ4n) is 1.71. The standard InChI is InChI=1S/C12H12F3N3O/c1-2-18-7-17-10(11(18)16)8-4-3-5-9(6-8)19-12(13,14)15/h3-7H,2,16H2,1H3. The molecule has 0 bridgehead atoms. The number of benzene rings is 1. The molecule has 1 aromatic carbocycles. The third-order valence-electron chi connectivity index (χ3n) is 2.56. The maximum absolute atomic E-state index is 12.1. The molecule has 1 heterocycles. The van der Waals surface area contributed by atoms with Crippen molar-refractivity contribution in [1.82, 2.24) is 9.55 Å². The number of ether oxygens (including phenoxy) is 1. The van der Waals surface area contributed by atoms with Gasteiger partial charge in [0.25, 0.3) is 0 Å². The predicted molar refractivity (Wildman–Crippen MR) is 64.4 cm³/mol. The van der Waals surface area contributed by atoms with Crippen molar-refractivity contribution in [1.29, 1.82) is 0 Å². The van der Waals surface area contributed by atoms with Gasteiger partial charge in [-0.1, -0.05) is 12.1 Å². The number of alkyl halides is 3. The van der Waals surface area contributed by atoms with E-state index in [1.54, 1.807) is 17.0 Å². The van der Waals surface area contributed by atoms with Gasteiger partial charge in [-0.2, -0.15) is 0 Å². The van der Waals surface area contributed by atoms with Gasteiger partial charge in [0.2, 0.25) is 0 Å². The van der Waals surface area contributed by atoms with E-state index in [9.17, 15) is 13.2 Å². The molecule has 0 saturated heterocycles. The van der Waals surface area contributed by atoms with Crippen LogP contribution >= 0.6 is 0 Å². The molecule has 0 aliphatic heterocycles. The first kappa shape index (κ1) is 13.3. The molecule has 2 rings (SSSR count). The molecule has 0 atom stereocenters. The summed E-state index contributed by atoms with van der Waals surface area (Å²) >= 11 is 0. The van der Waals surface area contributed by atoms with Crippen LogP contribution in [0.5, 0.6) is 5.75 Å². The third-order valence-corrected chi connectivity index (χ3v) is 2.56. The Morgan fingerprint density at radius 1 is 1.37 bits per heavy atom. The van der Waals surface area contributed by atoms with Gasteiger partial charge in [0.1, 0.15) is 17.3 Å². The van der Waals surface area contributed by atoms with E-state index < -0.39 is 6.36 Å². The van der Waals surface area contributed by atoms with Crippen LogP contribution in [0.4, 0.5) is 19.0 Å². The zero-order valence-corrected chi connectivity index (χ0v) is 10.1. The van der Waals surface area contributed by atoms with Crippen LogP contribution in [0.1, 0.15) is 6.92 Å². The molecule has 102 valence electrons. The fourth-order valence-corrected chi connectivity index (χ4v) is 1.71. The van der Waals surface area contributed by atoms with E-state index in [-0.39, 0.29) is 5.75 Å². The summed E-state index contributed by atoms with van der Waals surface area (Å²) in [6, 6.07) is 5.57. The van der Waals surface area contributed by atoms with Crippen molar-refractivity contribution in [2.45, 2.75) is 19.8 Å². The molecule has 0 radical (unpaired) electrons. The number of nitrogens with zero attached hydrogens (tertiary/aromatic N) is 2. The van der Waals surface area contributed by atoms with E-state index in [1.165, 1.54) is 18.2 Å². The second kappa shape index (κ2) is 4.83. The van der Waals surface area contributed by atoms with E-state index in [2.05, 4.69) is 9.72 Å². The summed E-state index contributed by atoms with van der Waals surface area (Å²) in [5.74, 6) is 0.113. The Morgan fingerprint density at radius 3 is 2.68 bits per heavy atom. The summed E-state index contributed by atoms with van der Waals surface area (Å²) in [6.45, 7) is 2.53. The predicted octanol–water partition coefficient (Wildman–Crippen LogP) is 3.05. The van der Waals surface area contributed by atoms with E-state index in [0.29, 0.717) is 23.6 Å². The Labute approximate surface area is 107 Å². The summed E-state index contributed by atoms with van der Waals surface area (Å²) in [5, 5.41) is 0. The molecule has 0 saturated carbocycles. The molecule has 0 amide bonds. The summed E-state index contributed by atoms with van der Waals surface area (Å²) in [6.07, 6.45) is -3.17. The van der Waals surface area contributed by atoms with Gasteiger partial charge < -0.3 is 15.0 Å². The number of nitrogens with two attached hydrogens (primary N) is 1. The quantitative estimate of drug-likeness (QED) is 0.933. The Bertz CT molecular complexity index is 578. The zero-order valence-electron chi connectivity index (χ0n) is 10.1. The molecule has 0 unspecified atom stereocenters. The normalized spacial score (nSPS) is 11.6. The van der Waals surface area contributed by atoms with Gasteiger partial charge in [0, 0.05) is 12.1 Å². The average Bonchev–Trinajstić information content (AvgIpc) is 2.68. The summed E-state index contributed by atoms with van der Waals surface area (Å²) < 4.78 is 42.0. The maximum Gasteiger partial charge on any atom is 0.573 e. The lowest BCUT2D eigenvalue weighted by atomic mass is 10.1. The van der Waals surface area contributed by atoms with E-state index >= 15 is 0 Å². The second-order valence-electron chi connectivity index (χ2n) is 3.84. The van der Waals surface area contributed by atoms with E-state index in [1.807, 2.05) is 6.92 Å². The molecule has 0 aliphatic carbocycles. The first-order chi connectivity index (χ1) is 8.90. The van der Waals surface area contributed by atoms with Gasteiger partial charge in [-0.15, -0.1) is 13.2 Å². The van der Waals surface area contributed by atoms with Crippen LogP contribution in [0.2, 0.25) is 0 Å². The highest BCUT2D eigenvalue weighted by Crippen LogP contribution is 2.29. The molecule has 0 aliphatic rings. The number of aryl methyl sites for hydroxylation is 1. The maximum atomic E-state index is 12.1. The third kappa shape index (κ3) is 2.98. The van der Waals surface area contributed by atoms with Crippen LogP contribution in [0.3, 0.4) is 0 Å². The number of rotatable bonds is 3.